The highest BCUT2D eigenvalue weighted by molar-refractivity contribution is 7.89. The van der Waals surface area contributed by atoms with Crippen molar-refractivity contribution in [1.29, 1.82) is 0 Å². The molecular weight excluding hydrogens is 321 g/mol. The van der Waals surface area contributed by atoms with Gasteiger partial charge in [0.2, 0.25) is 10.0 Å². The zero-order chi connectivity index (χ0) is 16.7. The van der Waals surface area contributed by atoms with Gasteiger partial charge in [-0.05, 0) is 42.0 Å². The van der Waals surface area contributed by atoms with Gasteiger partial charge in [0.25, 0.3) is 0 Å². The first kappa shape index (κ1) is 17.4. The molecule has 0 saturated carbocycles. The molecule has 7 heteroatoms. The van der Waals surface area contributed by atoms with Crippen LogP contribution in [0.2, 0.25) is 0 Å². The smallest absolute Gasteiger partial charge is 0.240 e. The Kier molecular flexibility index (Phi) is 6.09. The molecule has 2 rings (SSSR count). The molecular formula is C16H18FNO4S. The van der Waals surface area contributed by atoms with Crippen LogP contribution >= 0.6 is 0 Å². The van der Waals surface area contributed by atoms with Crippen molar-refractivity contribution in [3.05, 3.63) is 59.9 Å². The predicted octanol–water partition coefficient (Wildman–Crippen LogP) is 2.33. The lowest BCUT2D eigenvalue weighted by Crippen LogP contribution is -2.23. The Labute approximate surface area is 135 Å². The number of hydrogen-bond acceptors (Lipinski definition) is 4. The Bertz CT molecular complexity index is 715. The van der Waals surface area contributed by atoms with Crippen molar-refractivity contribution in [3.63, 3.8) is 0 Å². The zero-order valence-corrected chi connectivity index (χ0v) is 13.5. The summed E-state index contributed by atoms with van der Waals surface area (Å²) >= 11 is 0. The Morgan fingerprint density at radius 1 is 1.00 bits per heavy atom. The van der Waals surface area contributed by atoms with E-state index in [1.54, 1.807) is 31.4 Å². The number of rotatable bonds is 8. The second-order valence-corrected chi connectivity index (χ2v) is 6.53. The van der Waals surface area contributed by atoms with E-state index in [2.05, 4.69) is 4.72 Å². The van der Waals surface area contributed by atoms with Crippen molar-refractivity contribution in [2.24, 2.45) is 0 Å². The van der Waals surface area contributed by atoms with Gasteiger partial charge in [-0.15, -0.1) is 0 Å². The number of methoxy groups -OCH3 is 1. The maximum absolute atomic E-state index is 12.8. The zero-order valence-electron chi connectivity index (χ0n) is 12.7. The molecule has 2 aromatic carbocycles. The number of hydrogen-bond donors (Lipinski definition) is 1. The number of halogens is 1. The molecule has 1 N–H and O–H groups in total. The van der Waals surface area contributed by atoms with E-state index in [9.17, 15) is 12.8 Å². The first-order valence-electron chi connectivity index (χ1n) is 6.97. The molecule has 0 aliphatic carbocycles. The van der Waals surface area contributed by atoms with Crippen LogP contribution in [0.5, 0.6) is 5.75 Å². The maximum atomic E-state index is 12.8. The van der Waals surface area contributed by atoms with Crippen LogP contribution in [0.25, 0.3) is 0 Å². The van der Waals surface area contributed by atoms with Crippen LogP contribution in [0.1, 0.15) is 5.56 Å². The third kappa shape index (κ3) is 5.31. The fraction of sp³-hybridized carbons (Fsp3) is 0.250. The molecule has 124 valence electrons. The average Bonchev–Trinajstić information content (AvgIpc) is 2.55. The van der Waals surface area contributed by atoms with Crippen molar-refractivity contribution in [2.45, 2.75) is 11.4 Å². The van der Waals surface area contributed by atoms with Gasteiger partial charge in [-0.2, -0.15) is 0 Å². The van der Waals surface area contributed by atoms with Crippen LogP contribution < -0.4 is 9.46 Å². The summed E-state index contributed by atoms with van der Waals surface area (Å²) in [5, 5.41) is 0. The first-order valence-corrected chi connectivity index (χ1v) is 8.45. The third-order valence-electron chi connectivity index (χ3n) is 3.07. The second-order valence-electron chi connectivity index (χ2n) is 4.76. The van der Waals surface area contributed by atoms with Crippen LogP contribution in [0, 0.1) is 5.82 Å². The molecule has 0 aromatic heterocycles. The Morgan fingerprint density at radius 2 is 1.65 bits per heavy atom. The highest BCUT2D eigenvalue weighted by atomic mass is 32.2. The van der Waals surface area contributed by atoms with Crippen LogP contribution in [-0.4, -0.2) is 28.7 Å². The first-order chi connectivity index (χ1) is 11.0. The fourth-order valence-electron chi connectivity index (χ4n) is 1.82. The summed E-state index contributed by atoms with van der Waals surface area (Å²) in [7, 11) is -2.07. The van der Waals surface area contributed by atoms with E-state index >= 15 is 0 Å². The van der Waals surface area contributed by atoms with E-state index in [0.717, 1.165) is 17.7 Å². The molecule has 2 aromatic rings. The molecule has 0 aliphatic heterocycles. The van der Waals surface area contributed by atoms with Gasteiger partial charge in [0.1, 0.15) is 18.2 Å². The summed E-state index contributed by atoms with van der Waals surface area (Å²) in [6, 6.07) is 11.7. The van der Waals surface area contributed by atoms with Crippen LogP contribution in [0.3, 0.4) is 0 Å². The summed E-state index contributed by atoms with van der Waals surface area (Å²) < 4.78 is 49.8. The largest absolute Gasteiger partial charge is 0.491 e. The molecule has 0 spiro atoms. The summed E-state index contributed by atoms with van der Waals surface area (Å²) in [6.45, 7) is 1.09. The minimum atomic E-state index is -3.67. The monoisotopic (exact) mass is 339 g/mol. The van der Waals surface area contributed by atoms with Gasteiger partial charge in [0.15, 0.2) is 0 Å². The molecule has 0 atom stereocenters. The second kappa shape index (κ2) is 8.05. The lowest BCUT2D eigenvalue weighted by molar-refractivity contribution is 0.146. The third-order valence-corrected chi connectivity index (χ3v) is 4.49. The molecule has 0 bridgehead atoms. The van der Waals surface area contributed by atoms with Gasteiger partial charge in [-0.1, -0.05) is 12.1 Å². The van der Waals surface area contributed by atoms with Gasteiger partial charge < -0.3 is 9.47 Å². The maximum Gasteiger partial charge on any atom is 0.240 e. The van der Waals surface area contributed by atoms with E-state index in [4.69, 9.17) is 9.47 Å². The number of nitrogens with one attached hydrogen (secondary N) is 1. The number of benzene rings is 2. The molecule has 23 heavy (non-hydrogen) atoms. The molecule has 0 heterocycles. The lowest BCUT2D eigenvalue weighted by atomic mass is 10.2. The Morgan fingerprint density at radius 3 is 2.26 bits per heavy atom. The average molecular weight is 339 g/mol. The minimum absolute atomic E-state index is 0.0263. The van der Waals surface area contributed by atoms with E-state index in [1.165, 1.54) is 12.1 Å². The Balaban J connectivity index is 1.93. The SMILES string of the molecule is COCCOc1ccc(CNS(=O)(=O)c2ccc(F)cc2)cc1. The van der Waals surface area contributed by atoms with Crippen molar-refractivity contribution >= 4 is 10.0 Å². The van der Waals surface area contributed by atoms with E-state index in [-0.39, 0.29) is 11.4 Å². The van der Waals surface area contributed by atoms with Crippen LogP contribution in [0.4, 0.5) is 4.39 Å². The van der Waals surface area contributed by atoms with E-state index in [1.807, 2.05) is 0 Å². The molecule has 5 nitrogen and oxygen atoms in total. The van der Waals surface area contributed by atoms with Gasteiger partial charge in [-0.25, -0.2) is 17.5 Å². The van der Waals surface area contributed by atoms with Crippen molar-refractivity contribution in [1.82, 2.24) is 4.72 Å². The molecule has 0 fully saturated rings. The summed E-state index contributed by atoms with van der Waals surface area (Å²) in [4.78, 5) is 0.0263. The predicted molar refractivity (Wildman–Crippen MR) is 84.2 cm³/mol. The highest BCUT2D eigenvalue weighted by Gasteiger charge is 2.13. The summed E-state index contributed by atoms with van der Waals surface area (Å²) in [5.74, 6) is 0.209. The number of ether oxygens (including phenoxy) is 2. The van der Waals surface area contributed by atoms with Crippen molar-refractivity contribution in [2.75, 3.05) is 20.3 Å². The standard InChI is InChI=1S/C16H18FNO4S/c1-21-10-11-22-15-6-2-13(3-7-15)12-18-23(19,20)16-8-4-14(17)5-9-16/h2-9,18H,10-12H2,1H3. The summed E-state index contributed by atoms with van der Waals surface area (Å²) in [6.07, 6.45) is 0. The minimum Gasteiger partial charge on any atom is -0.491 e. The molecule has 0 saturated heterocycles. The molecule has 0 amide bonds. The normalized spacial score (nSPS) is 11.4. The fourth-order valence-corrected chi connectivity index (χ4v) is 2.84. The van der Waals surface area contributed by atoms with Gasteiger partial charge in [0.05, 0.1) is 11.5 Å². The van der Waals surface area contributed by atoms with Crippen molar-refractivity contribution < 1.29 is 22.3 Å². The van der Waals surface area contributed by atoms with Gasteiger partial charge >= 0.3 is 0 Å². The topological polar surface area (TPSA) is 64.6 Å². The molecule has 0 radical (unpaired) electrons. The van der Waals surface area contributed by atoms with E-state index < -0.39 is 15.8 Å². The van der Waals surface area contributed by atoms with Gasteiger partial charge in [0, 0.05) is 13.7 Å². The quantitative estimate of drug-likeness (QED) is 0.750. The molecule has 0 aliphatic rings. The Hall–Kier alpha value is -1.96. The number of sulfonamides is 1. The highest BCUT2D eigenvalue weighted by Crippen LogP contribution is 2.14. The lowest BCUT2D eigenvalue weighted by Gasteiger charge is -2.08. The van der Waals surface area contributed by atoms with Crippen molar-refractivity contribution in [3.8, 4) is 5.75 Å². The van der Waals surface area contributed by atoms with Gasteiger partial charge in [-0.3, -0.25) is 0 Å². The van der Waals surface area contributed by atoms with Crippen LogP contribution in [0.15, 0.2) is 53.4 Å². The van der Waals surface area contributed by atoms with Crippen LogP contribution in [-0.2, 0) is 21.3 Å². The summed E-state index contributed by atoms with van der Waals surface area (Å²) in [5.41, 5.74) is 0.787. The molecule has 0 unspecified atom stereocenters. The van der Waals surface area contributed by atoms with E-state index in [0.29, 0.717) is 19.0 Å².